The molecule has 1 aromatic heterocycles. The van der Waals surface area contributed by atoms with Crippen molar-refractivity contribution in [1.82, 2.24) is 9.78 Å². The average Bonchev–Trinajstić information content (AvgIpc) is 2.93. The van der Waals surface area contributed by atoms with Crippen LogP contribution in [0, 0.1) is 12.7 Å². The molecule has 0 fully saturated rings. The van der Waals surface area contributed by atoms with Gasteiger partial charge in [0.05, 0.1) is 12.1 Å². The number of hydrogen-bond acceptors (Lipinski definition) is 2. The van der Waals surface area contributed by atoms with E-state index in [1.165, 1.54) is 17.7 Å². The monoisotopic (exact) mass is 294 g/mol. The summed E-state index contributed by atoms with van der Waals surface area (Å²) in [6.07, 6.45) is 2.49. The Labute approximate surface area is 128 Å². The van der Waals surface area contributed by atoms with E-state index in [0.717, 1.165) is 17.4 Å². The van der Waals surface area contributed by atoms with Crippen molar-refractivity contribution in [3.63, 3.8) is 0 Å². The van der Waals surface area contributed by atoms with Crippen LogP contribution in [0.25, 0.3) is 11.3 Å². The zero-order valence-electron chi connectivity index (χ0n) is 12.2. The van der Waals surface area contributed by atoms with Crippen LogP contribution in [0.5, 0.6) is 0 Å². The van der Waals surface area contributed by atoms with Gasteiger partial charge in [-0.25, -0.2) is 4.39 Å². The van der Waals surface area contributed by atoms with Gasteiger partial charge in [-0.05, 0) is 36.8 Å². The Morgan fingerprint density at radius 1 is 1.09 bits per heavy atom. The van der Waals surface area contributed by atoms with Crippen molar-refractivity contribution in [2.45, 2.75) is 13.5 Å². The maximum absolute atomic E-state index is 13.0. The lowest BCUT2D eigenvalue weighted by atomic mass is 10.1. The molecule has 0 aliphatic rings. The Bertz CT molecular complexity index is 789. The summed E-state index contributed by atoms with van der Waals surface area (Å²) in [6.45, 7) is 2.62. The second-order valence-corrected chi connectivity index (χ2v) is 5.24. The van der Waals surface area contributed by atoms with Crippen LogP contribution in [0.3, 0.4) is 0 Å². The molecule has 3 nitrogen and oxygen atoms in total. The summed E-state index contributed by atoms with van der Waals surface area (Å²) < 4.78 is 14.7. The van der Waals surface area contributed by atoms with Gasteiger partial charge in [0.1, 0.15) is 11.5 Å². The molecule has 0 bridgehead atoms. The molecule has 0 N–H and O–H groups in total. The number of aldehydes is 1. The van der Waals surface area contributed by atoms with Gasteiger partial charge < -0.3 is 0 Å². The number of rotatable bonds is 4. The van der Waals surface area contributed by atoms with Crippen LogP contribution < -0.4 is 0 Å². The Morgan fingerprint density at radius 3 is 2.41 bits per heavy atom. The molecule has 0 aliphatic heterocycles. The molecule has 0 aliphatic carbocycles. The standard InChI is InChI=1S/C18H15FN2O/c1-13-2-4-14(5-3-13)10-21-11-16(12-22)18(20-21)15-6-8-17(19)9-7-15/h2-9,11-12H,10H2,1H3. The molecule has 3 aromatic rings. The van der Waals surface area contributed by atoms with Crippen LogP contribution in [-0.4, -0.2) is 16.1 Å². The van der Waals surface area contributed by atoms with Crippen LogP contribution >= 0.6 is 0 Å². The van der Waals surface area contributed by atoms with Crippen molar-refractivity contribution in [3.8, 4) is 11.3 Å². The third-order valence-electron chi connectivity index (χ3n) is 3.50. The minimum Gasteiger partial charge on any atom is -0.298 e. The van der Waals surface area contributed by atoms with Crippen molar-refractivity contribution in [3.05, 3.63) is 77.2 Å². The van der Waals surface area contributed by atoms with Crippen molar-refractivity contribution >= 4 is 6.29 Å². The van der Waals surface area contributed by atoms with E-state index < -0.39 is 0 Å². The highest BCUT2D eigenvalue weighted by Crippen LogP contribution is 2.21. The molecule has 0 unspecified atom stereocenters. The number of aryl methyl sites for hydroxylation is 1. The molecule has 3 rings (SSSR count). The SMILES string of the molecule is Cc1ccc(Cn2cc(C=O)c(-c3ccc(F)cc3)n2)cc1. The smallest absolute Gasteiger partial charge is 0.153 e. The summed E-state index contributed by atoms with van der Waals surface area (Å²) >= 11 is 0. The van der Waals surface area contributed by atoms with Crippen LogP contribution in [0.1, 0.15) is 21.5 Å². The molecule has 110 valence electrons. The number of benzene rings is 2. The molecular weight excluding hydrogens is 279 g/mol. The molecule has 0 atom stereocenters. The molecule has 22 heavy (non-hydrogen) atoms. The van der Waals surface area contributed by atoms with E-state index in [1.54, 1.807) is 23.0 Å². The van der Waals surface area contributed by atoms with Gasteiger partial charge in [0.2, 0.25) is 0 Å². The van der Waals surface area contributed by atoms with Crippen molar-refractivity contribution < 1.29 is 9.18 Å². The predicted molar refractivity (Wildman–Crippen MR) is 83.3 cm³/mol. The quantitative estimate of drug-likeness (QED) is 0.685. The van der Waals surface area contributed by atoms with E-state index in [9.17, 15) is 9.18 Å². The van der Waals surface area contributed by atoms with E-state index in [0.29, 0.717) is 17.8 Å². The van der Waals surface area contributed by atoms with Crippen LogP contribution in [0.2, 0.25) is 0 Å². The van der Waals surface area contributed by atoms with Crippen LogP contribution in [-0.2, 0) is 6.54 Å². The third-order valence-corrected chi connectivity index (χ3v) is 3.50. The van der Waals surface area contributed by atoms with Crippen LogP contribution in [0.4, 0.5) is 4.39 Å². The van der Waals surface area contributed by atoms with Gasteiger partial charge in [-0.15, -0.1) is 0 Å². The lowest BCUT2D eigenvalue weighted by Crippen LogP contribution is -2.00. The van der Waals surface area contributed by atoms with E-state index in [1.807, 2.05) is 31.2 Å². The minimum atomic E-state index is -0.310. The molecule has 0 spiro atoms. The Morgan fingerprint density at radius 2 is 1.77 bits per heavy atom. The van der Waals surface area contributed by atoms with Gasteiger partial charge in [0.25, 0.3) is 0 Å². The lowest BCUT2D eigenvalue weighted by molar-refractivity contribution is 0.112. The first-order valence-corrected chi connectivity index (χ1v) is 7.00. The zero-order chi connectivity index (χ0) is 15.5. The normalized spacial score (nSPS) is 10.6. The fourth-order valence-electron chi connectivity index (χ4n) is 2.32. The summed E-state index contributed by atoms with van der Waals surface area (Å²) in [7, 11) is 0. The first kappa shape index (κ1) is 14.2. The lowest BCUT2D eigenvalue weighted by Gasteiger charge is -2.02. The Balaban J connectivity index is 1.92. The maximum atomic E-state index is 13.0. The zero-order valence-corrected chi connectivity index (χ0v) is 12.2. The van der Waals surface area contributed by atoms with Gasteiger partial charge in [-0.3, -0.25) is 9.48 Å². The van der Waals surface area contributed by atoms with Gasteiger partial charge in [0.15, 0.2) is 6.29 Å². The van der Waals surface area contributed by atoms with Crippen molar-refractivity contribution in [1.29, 1.82) is 0 Å². The fourth-order valence-corrected chi connectivity index (χ4v) is 2.32. The van der Waals surface area contributed by atoms with E-state index in [4.69, 9.17) is 0 Å². The topological polar surface area (TPSA) is 34.9 Å². The number of aromatic nitrogens is 2. The highest BCUT2D eigenvalue weighted by molar-refractivity contribution is 5.85. The van der Waals surface area contributed by atoms with Crippen molar-refractivity contribution in [2.24, 2.45) is 0 Å². The summed E-state index contributed by atoms with van der Waals surface area (Å²) in [4.78, 5) is 11.3. The number of carbonyl (C=O) groups is 1. The highest BCUT2D eigenvalue weighted by atomic mass is 19.1. The third kappa shape index (κ3) is 2.96. The van der Waals surface area contributed by atoms with E-state index in [-0.39, 0.29) is 5.82 Å². The largest absolute Gasteiger partial charge is 0.298 e. The van der Waals surface area contributed by atoms with E-state index in [2.05, 4.69) is 5.10 Å². The summed E-state index contributed by atoms with van der Waals surface area (Å²) in [5, 5.41) is 4.46. The summed E-state index contributed by atoms with van der Waals surface area (Å²) in [5.41, 5.74) is 4.10. The maximum Gasteiger partial charge on any atom is 0.153 e. The van der Waals surface area contributed by atoms with Gasteiger partial charge >= 0.3 is 0 Å². The molecule has 0 radical (unpaired) electrons. The Kier molecular flexibility index (Phi) is 3.83. The highest BCUT2D eigenvalue weighted by Gasteiger charge is 2.11. The molecule has 1 heterocycles. The van der Waals surface area contributed by atoms with Gasteiger partial charge in [-0.1, -0.05) is 29.8 Å². The average molecular weight is 294 g/mol. The predicted octanol–water partition coefficient (Wildman–Crippen LogP) is 3.86. The second-order valence-electron chi connectivity index (χ2n) is 5.24. The van der Waals surface area contributed by atoms with Crippen LogP contribution in [0.15, 0.2) is 54.7 Å². The van der Waals surface area contributed by atoms with Gasteiger partial charge in [0, 0.05) is 11.8 Å². The van der Waals surface area contributed by atoms with E-state index >= 15 is 0 Å². The molecule has 0 saturated heterocycles. The number of halogens is 1. The number of carbonyl (C=O) groups excluding carboxylic acids is 1. The summed E-state index contributed by atoms with van der Waals surface area (Å²) in [5.74, 6) is -0.310. The van der Waals surface area contributed by atoms with Gasteiger partial charge in [-0.2, -0.15) is 5.10 Å². The first-order chi connectivity index (χ1) is 10.7. The molecular formula is C18H15FN2O. The minimum absolute atomic E-state index is 0.310. The molecule has 4 heteroatoms. The second kappa shape index (κ2) is 5.93. The first-order valence-electron chi connectivity index (χ1n) is 7.00. The molecule has 2 aromatic carbocycles. The fraction of sp³-hybridized carbons (Fsp3) is 0.111. The Hall–Kier alpha value is -2.75. The van der Waals surface area contributed by atoms with Crippen molar-refractivity contribution in [2.75, 3.05) is 0 Å². The summed E-state index contributed by atoms with van der Waals surface area (Å²) in [6, 6.07) is 14.1. The number of hydrogen-bond donors (Lipinski definition) is 0. The molecule has 0 saturated carbocycles. The molecule has 0 amide bonds. The number of nitrogens with zero attached hydrogens (tertiary/aromatic N) is 2.